The first-order valence-electron chi connectivity index (χ1n) is 7.25. The molecule has 0 saturated carbocycles. The highest BCUT2D eigenvalue weighted by Crippen LogP contribution is 2.25. The minimum Gasteiger partial charge on any atom is -0.480 e. The van der Waals surface area contributed by atoms with Crippen LogP contribution in [0.15, 0.2) is 0 Å². The number of carboxylic acid groups (broad SMARTS) is 1. The van der Waals surface area contributed by atoms with E-state index in [1.165, 1.54) is 4.90 Å². The van der Waals surface area contributed by atoms with E-state index >= 15 is 0 Å². The second-order valence-electron chi connectivity index (χ2n) is 5.43. The molecule has 0 aromatic rings. The van der Waals surface area contributed by atoms with Crippen LogP contribution in [-0.2, 0) is 9.59 Å². The number of carbonyl (C=O) groups is 2. The molecule has 1 fully saturated rings. The lowest BCUT2D eigenvalue weighted by Gasteiger charge is -2.37. The first kappa shape index (κ1) is 16.0. The molecule has 1 amide bonds. The fourth-order valence-corrected chi connectivity index (χ4v) is 2.45. The predicted molar refractivity (Wildman–Crippen MR) is 73.9 cm³/mol. The summed E-state index contributed by atoms with van der Waals surface area (Å²) in [6.45, 7) is 6.94. The third-order valence-corrected chi connectivity index (χ3v) is 4.11. The van der Waals surface area contributed by atoms with Gasteiger partial charge >= 0.3 is 5.97 Å². The molecule has 1 saturated heterocycles. The van der Waals surface area contributed by atoms with Gasteiger partial charge in [0.25, 0.3) is 0 Å². The van der Waals surface area contributed by atoms with E-state index in [9.17, 15) is 14.7 Å². The van der Waals surface area contributed by atoms with Crippen molar-refractivity contribution in [2.75, 3.05) is 13.1 Å². The van der Waals surface area contributed by atoms with Crippen LogP contribution in [0.25, 0.3) is 0 Å². The molecule has 0 aromatic carbocycles. The standard InChI is InChI=1S/C14H26N2O3/c1-4-10(3)15-9-13(17)16-7-6-11(5-2)8-12(16)14(18)19/h10-12,15H,4-9H2,1-3H3,(H,18,19). The van der Waals surface area contributed by atoms with Crippen LogP contribution in [-0.4, -0.2) is 47.1 Å². The zero-order chi connectivity index (χ0) is 14.4. The normalized spacial score (nSPS) is 25.1. The van der Waals surface area contributed by atoms with Gasteiger partial charge in [-0.25, -0.2) is 4.79 Å². The summed E-state index contributed by atoms with van der Waals surface area (Å²) in [5, 5.41) is 12.4. The monoisotopic (exact) mass is 270 g/mol. The van der Waals surface area contributed by atoms with Gasteiger partial charge in [-0.05, 0) is 32.1 Å². The van der Waals surface area contributed by atoms with Crippen molar-refractivity contribution in [2.24, 2.45) is 5.92 Å². The molecule has 0 aliphatic carbocycles. The number of amides is 1. The number of hydrogen-bond acceptors (Lipinski definition) is 3. The first-order valence-corrected chi connectivity index (χ1v) is 7.25. The number of nitrogens with one attached hydrogen (secondary N) is 1. The Kier molecular flexibility index (Phi) is 6.28. The highest BCUT2D eigenvalue weighted by Gasteiger charge is 2.35. The molecule has 5 nitrogen and oxygen atoms in total. The summed E-state index contributed by atoms with van der Waals surface area (Å²) in [6.07, 6.45) is 3.43. The molecule has 3 atom stereocenters. The van der Waals surface area contributed by atoms with Crippen molar-refractivity contribution in [3.8, 4) is 0 Å². The van der Waals surface area contributed by atoms with E-state index in [-0.39, 0.29) is 18.5 Å². The number of likely N-dealkylation sites (tertiary alicyclic amines) is 1. The summed E-state index contributed by atoms with van der Waals surface area (Å²) in [7, 11) is 0. The van der Waals surface area contributed by atoms with Crippen molar-refractivity contribution < 1.29 is 14.7 Å². The molecule has 1 heterocycles. The van der Waals surface area contributed by atoms with Crippen LogP contribution >= 0.6 is 0 Å². The fourth-order valence-electron chi connectivity index (χ4n) is 2.45. The van der Waals surface area contributed by atoms with Gasteiger partial charge in [0.2, 0.25) is 5.91 Å². The summed E-state index contributed by atoms with van der Waals surface area (Å²) >= 11 is 0. The summed E-state index contributed by atoms with van der Waals surface area (Å²) in [5.74, 6) is -0.551. The largest absolute Gasteiger partial charge is 0.480 e. The molecule has 5 heteroatoms. The van der Waals surface area contributed by atoms with Gasteiger partial charge in [0, 0.05) is 12.6 Å². The van der Waals surface area contributed by atoms with E-state index in [2.05, 4.69) is 19.2 Å². The van der Waals surface area contributed by atoms with Crippen molar-refractivity contribution in [3.63, 3.8) is 0 Å². The van der Waals surface area contributed by atoms with Crippen molar-refractivity contribution in [1.82, 2.24) is 10.2 Å². The smallest absolute Gasteiger partial charge is 0.326 e. The van der Waals surface area contributed by atoms with Crippen molar-refractivity contribution in [1.29, 1.82) is 0 Å². The highest BCUT2D eigenvalue weighted by atomic mass is 16.4. The van der Waals surface area contributed by atoms with E-state index in [4.69, 9.17) is 0 Å². The van der Waals surface area contributed by atoms with E-state index in [0.29, 0.717) is 18.9 Å². The van der Waals surface area contributed by atoms with Gasteiger partial charge in [0.05, 0.1) is 6.54 Å². The van der Waals surface area contributed by atoms with Gasteiger partial charge in [-0.1, -0.05) is 20.3 Å². The Hall–Kier alpha value is -1.10. The van der Waals surface area contributed by atoms with Crippen LogP contribution in [0.2, 0.25) is 0 Å². The Labute approximate surface area is 115 Å². The van der Waals surface area contributed by atoms with Gasteiger partial charge in [-0.3, -0.25) is 4.79 Å². The van der Waals surface area contributed by atoms with Crippen LogP contribution in [0.4, 0.5) is 0 Å². The second-order valence-corrected chi connectivity index (χ2v) is 5.43. The summed E-state index contributed by atoms with van der Waals surface area (Å²) in [4.78, 5) is 25.0. The molecule has 1 aliphatic rings. The molecule has 110 valence electrons. The highest BCUT2D eigenvalue weighted by molar-refractivity contribution is 5.85. The van der Waals surface area contributed by atoms with E-state index in [1.54, 1.807) is 0 Å². The maximum Gasteiger partial charge on any atom is 0.326 e. The van der Waals surface area contributed by atoms with Crippen LogP contribution in [0.3, 0.4) is 0 Å². The number of aliphatic carboxylic acids is 1. The lowest BCUT2D eigenvalue weighted by molar-refractivity contribution is -0.152. The van der Waals surface area contributed by atoms with Crippen molar-refractivity contribution in [2.45, 2.75) is 58.5 Å². The molecular weight excluding hydrogens is 244 g/mol. The number of piperidine rings is 1. The minimum absolute atomic E-state index is 0.0951. The quantitative estimate of drug-likeness (QED) is 0.767. The average molecular weight is 270 g/mol. The Morgan fingerprint density at radius 2 is 2.11 bits per heavy atom. The topological polar surface area (TPSA) is 69.6 Å². The summed E-state index contributed by atoms with van der Waals surface area (Å²) in [5.41, 5.74) is 0. The van der Waals surface area contributed by atoms with Crippen LogP contribution in [0.5, 0.6) is 0 Å². The van der Waals surface area contributed by atoms with Crippen LogP contribution in [0.1, 0.15) is 46.5 Å². The second kappa shape index (κ2) is 7.48. The Morgan fingerprint density at radius 1 is 1.42 bits per heavy atom. The van der Waals surface area contributed by atoms with E-state index < -0.39 is 12.0 Å². The maximum absolute atomic E-state index is 12.1. The molecule has 3 unspecified atom stereocenters. The predicted octanol–water partition coefficient (Wildman–Crippen LogP) is 1.48. The molecular formula is C14H26N2O3. The first-order chi connectivity index (χ1) is 8.99. The Morgan fingerprint density at radius 3 is 2.63 bits per heavy atom. The lowest BCUT2D eigenvalue weighted by Crippen LogP contribution is -2.52. The third kappa shape index (κ3) is 4.49. The van der Waals surface area contributed by atoms with Gasteiger partial charge in [-0.2, -0.15) is 0 Å². The number of rotatable bonds is 6. The molecule has 1 rings (SSSR count). The molecule has 1 aliphatic heterocycles. The van der Waals surface area contributed by atoms with Crippen molar-refractivity contribution in [3.05, 3.63) is 0 Å². The Bertz CT molecular complexity index is 320. The number of carbonyl (C=O) groups excluding carboxylic acids is 1. The average Bonchev–Trinajstić information content (AvgIpc) is 2.43. The van der Waals surface area contributed by atoms with Crippen LogP contribution in [0, 0.1) is 5.92 Å². The van der Waals surface area contributed by atoms with Crippen LogP contribution < -0.4 is 5.32 Å². The number of hydrogen-bond donors (Lipinski definition) is 2. The Balaban J connectivity index is 2.59. The minimum atomic E-state index is -0.880. The van der Waals surface area contributed by atoms with Gasteiger partial charge in [0.15, 0.2) is 0 Å². The van der Waals surface area contributed by atoms with Gasteiger partial charge in [0.1, 0.15) is 6.04 Å². The SMILES string of the molecule is CCC1CCN(C(=O)CNC(C)CC)C(C(=O)O)C1. The lowest BCUT2D eigenvalue weighted by atomic mass is 9.89. The molecule has 0 bridgehead atoms. The molecule has 2 N–H and O–H groups in total. The summed E-state index contributed by atoms with van der Waals surface area (Å²) < 4.78 is 0. The third-order valence-electron chi connectivity index (χ3n) is 4.11. The van der Waals surface area contributed by atoms with E-state index in [0.717, 1.165) is 19.3 Å². The van der Waals surface area contributed by atoms with Gasteiger partial charge in [-0.15, -0.1) is 0 Å². The fraction of sp³-hybridized carbons (Fsp3) is 0.857. The van der Waals surface area contributed by atoms with Gasteiger partial charge < -0.3 is 15.3 Å². The number of nitrogens with zero attached hydrogens (tertiary/aromatic N) is 1. The molecule has 0 aromatic heterocycles. The molecule has 19 heavy (non-hydrogen) atoms. The van der Waals surface area contributed by atoms with E-state index in [1.807, 2.05) is 6.92 Å². The zero-order valence-electron chi connectivity index (χ0n) is 12.2. The maximum atomic E-state index is 12.1. The summed E-state index contributed by atoms with van der Waals surface area (Å²) in [6, 6.07) is -0.370. The van der Waals surface area contributed by atoms with Crippen molar-refractivity contribution >= 4 is 11.9 Å². The number of carboxylic acids is 1. The molecule has 0 radical (unpaired) electrons. The zero-order valence-corrected chi connectivity index (χ0v) is 12.2. The molecule has 0 spiro atoms.